The lowest BCUT2D eigenvalue weighted by molar-refractivity contribution is 0.194. The van der Waals surface area contributed by atoms with E-state index in [9.17, 15) is 13.9 Å². The molecular weight excluding hydrogens is 254 g/mol. The van der Waals surface area contributed by atoms with Gasteiger partial charge in [-0.15, -0.1) is 0 Å². The normalized spacial score (nSPS) is 12.5. The molecule has 0 bridgehead atoms. The summed E-state index contributed by atoms with van der Waals surface area (Å²) in [5.41, 5.74) is 0.0596. The number of aliphatic hydroxyl groups excluding tert-OH is 1. The van der Waals surface area contributed by atoms with Gasteiger partial charge in [0, 0.05) is 7.05 Å². The number of ether oxygens (including phenoxy) is 1. The van der Waals surface area contributed by atoms with Crippen molar-refractivity contribution in [1.29, 1.82) is 0 Å². The fourth-order valence-corrected chi connectivity index (χ4v) is 1.96. The summed E-state index contributed by atoms with van der Waals surface area (Å²) in [6, 6.07) is 2.45. The number of hydrogen-bond donors (Lipinski definition) is 1. The number of rotatable bonds is 3. The van der Waals surface area contributed by atoms with E-state index < -0.39 is 23.3 Å². The molecule has 1 N–H and O–H groups in total. The third kappa shape index (κ3) is 2.19. The minimum Gasteiger partial charge on any atom is -0.493 e. The first-order valence-corrected chi connectivity index (χ1v) is 5.65. The molecule has 0 radical (unpaired) electrons. The number of benzene rings is 1. The highest BCUT2D eigenvalue weighted by Crippen LogP contribution is 2.32. The van der Waals surface area contributed by atoms with Crippen LogP contribution in [0, 0.1) is 18.6 Å². The van der Waals surface area contributed by atoms with Gasteiger partial charge in [-0.3, -0.25) is 4.68 Å². The van der Waals surface area contributed by atoms with Gasteiger partial charge < -0.3 is 9.84 Å². The maximum atomic E-state index is 14.0. The molecule has 0 aliphatic rings. The van der Waals surface area contributed by atoms with Crippen LogP contribution in [0.1, 0.15) is 22.9 Å². The Morgan fingerprint density at radius 2 is 2.05 bits per heavy atom. The zero-order chi connectivity index (χ0) is 14.2. The van der Waals surface area contributed by atoms with E-state index in [0.717, 1.165) is 6.07 Å². The van der Waals surface area contributed by atoms with Crippen LogP contribution in [-0.2, 0) is 7.05 Å². The highest BCUT2D eigenvalue weighted by atomic mass is 19.1. The molecule has 102 valence electrons. The molecule has 4 nitrogen and oxygen atoms in total. The second-order valence-electron chi connectivity index (χ2n) is 4.22. The second-order valence-corrected chi connectivity index (χ2v) is 4.22. The monoisotopic (exact) mass is 268 g/mol. The standard InChI is InChI=1S/C13H14F2N2O2/c1-7-4-5-8(14)10(11(7)15)13(18)12-9(19-3)6-16-17(12)2/h4-6,13,18H,1-3H3. The van der Waals surface area contributed by atoms with Gasteiger partial charge in [0.25, 0.3) is 0 Å². The van der Waals surface area contributed by atoms with Crippen LogP contribution in [-0.4, -0.2) is 22.0 Å². The van der Waals surface area contributed by atoms with Gasteiger partial charge in [-0.25, -0.2) is 8.78 Å². The lowest BCUT2D eigenvalue weighted by Gasteiger charge is -2.15. The number of halogens is 2. The van der Waals surface area contributed by atoms with Crippen molar-refractivity contribution < 1.29 is 18.6 Å². The molecule has 1 unspecified atom stereocenters. The van der Waals surface area contributed by atoms with Gasteiger partial charge >= 0.3 is 0 Å². The molecule has 0 fully saturated rings. The quantitative estimate of drug-likeness (QED) is 0.927. The van der Waals surface area contributed by atoms with Crippen LogP contribution >= 0.6 is 0 Å². The molecule has 1 heterocycles. The Morgan fingerprint density at radius 1 is 1.37 bits per heavy atom. The SMILES string of the molecule is COc1cnn(C)c1C(O)c1c(F)ccc(C)c1F. The summed E-state index contributed by atoms with van der Waals surface area (Å²) in [4.78, 5) is 0. The molecule has 0 aliphatic carbocycles. The van der Waals surface area contributed by atoms with Crippen molar-refractivity contribution in [3.63, 3.8) is 0 Å². The highest BCUT2D eigenvalue weighted by molar-refractivity contribution is 5.37. The van der Waals surface area contributed by atoms with Crippen molar-refractivity contribution in [2.75, 3.05) is 7.11 Å². The van der Waals surface area contributed by atoms with Gasteiger partial charge in [0.15, 0.2) is 5.75 Å². The fraction of sp³-hybridized carbons (Fsp3) is 0.308. The van der Waals surface area contributed by atoms with Crippen LogP contribution in [0.2, 0.25) is 0 Å². The Labute approximate surface area is 109 Å². The number of hydrogen-bond acceptors (Lipinski definition) is 3. The molecule has 0 amide bonds. The summed E-state index contributed by atoms with van der Waals surface area (Å²) >= 11 is 0. The average molecular weight is 268 g/mol. The molecular formula is C13H14F2N2O2. The third-order valence-electron chi connectivity index (χ3n) is 3.02. The zero-order valence-electron chi connectivity index (χ0n) is 10.8. The summed E-state index contributed by atoms with van der Waals surface area (Å²) in [7, 11) is 2.96. The van der Waals surface area contributed by atoms with Crippen molar-refractivity contribution in [2.45, 2.75) is 13.0 Å². The third-order valence-corrected chi connectivity index (χ3v) is 3.02. The highest BCUT2D eigenvalue weighted by Gasteiger charge is 2.26. The molecule has 2 rings (SSSR count). The number of methoxy groups -OCH3 is 1. The minimum atomic E-state index is -1.48. The van der Waals surface area contributed by atoms with Crippen LogP contribution in [0.25, 0.3) is 0 Å². The minimum absolute atomic E-state index is 0.200. The lowest BCUT2D eigenvalue weighted by Crippen LogP contribution is -2.12. The Balaban J connectivity index is 2.59. The number of nitrogens with zero attached hydrogens (tertiary/aromatic N) is 2. The maximum absolute atomic E-state index is 14.0. The van der Waals surface area contributed by atoms with Crippen LogP contribution in [0.3, 0.4) is 0 Å². The predicted molar refractivity (Wildman–Crippen MR) is 64.9 cm³/mol. The molecule has 1 atom stereocenters. The van der Waals surface area contributed by atoms with Crippen LogP contribution < -0.4 is 4.74 Å². The first kappa shape index (κ1) is 13.5. The zero-order valence-corrected chi connectivity index (χ0v) is 10.8. The summed E-state index contributed by atoms with van der Waals surface area (Å²) in [5, 5.41) is 14.1. The predicted octanol–water partition coefficient (Wildman–Crippen LogP) is 2.10. The van der Waals surface area contributed by atoms with Gasteiger partial charge in [-0.2, -0.15) is 5.10 Å². The van der Waals surface area contributed by atoms with Gasteiger partial charge in [0.05, 0.1) is 18.9 Å². The number of aliphatic hydroxyl groups is 1. The van der Waals surface area contributed by atoms with E-state index in [-0.39, 0.29) is 17.0 Å². The van der Waals surface area contributed by atoms with E-state index in [1.165, 1.54) is 31.0 Å². The number of aryl methyl sites for hydroxylation is 2. The van der Waals surface area contributed by atoms with E-state index in [0.29, 0.717) is 0 Å². The van der Waals surface area contributed by atoms with Crippen molar-refractivity contribution >= 4 is 0 Å². The molecule has 0 saturated carbocycles. The Bertz CT molecular complexity index is 611. The smallest absolute Gasteiger partial charge is 0.162 e. The molecule has 1 aromatic carbocycles. The van der Waals surface area contributed by atoms with Crippen LogP contribution in [0.4, 0.5) is 8.78 Å². The van der Waals surface area contributed by atoms with Gasteiger partial charge in [0.1, 0.15) is 23.4 Å². The van der Waals surface area contributed by atoms with Crippen molar-refractivity contribution in [3.05, 3.63) is 46.8 Å². The van der Waals surface area contributed by atoms with Gasteiger partial charge in [-0.05, 0) is 18.6 Å². The molecule has 1 aromatic heterocycles. The number of aromatic nitrogens is 2. The van der Waals surface area contributed by atoms with E-state index in [2.05, 4.69) is 5.10 Å². The van der Waals surface area contributed by atoms with Crippen molar-refractivity contribution in [1.82, 2.24) is 9.78 Å². The summed E-state index contributed by atoms with van der Waals surface area (Å²) < 4.78 is 34.1. The second kappa shape index (κ2) is 4.97. The topological polar surface area (TPSA) is 47.3 Å². The Hall–Kier alpha value is -1.95. The average Bonchev–Trinajstić information content (AvgIpc) is 2.75. The first-order valence-electron chi connectivity index (χ1n) is 5.65. The summed E-state index contributed by atoms with van der Waals surface area (Å²) in [6.45, 7) is 1.51. The van der Waals surface area contributed by atoms with E-state index in [4.69, 9.17) is 4.74 Å². The molecule has 0 saturated heterocycles. The van der Waals surface area contributed by atoms with E-state index >= 15 is 0 Å². The lowest BCUT2D eigenvalue weighted by atomic mass is 10.0. The van der Waals surface area contributed by atoms with Gasteiger partial charge in [0.2, 0.25) is 0 Å². The van der Waals surface area contributed by atoms with Gasteiger partial charge in [-0.1, -0.05) is 6.07 Å². The molecule has 0 spiro atoms. The largest absolute Gasteiger partial charge is 0.493 e. The molecule has 0 aliphatic heterocycles. The maximum Gasteiger partial charge on any atom is 0.162 e. The van der Waals surface area contributed by atoms with Crippen molar-refractivity contribution in [3.8, 4) is 5.75 Å². The first-order chi connectivity index (χ1) is 8.97. The van der Waals surface area contributed by atoms with Crippen LogP contribution in [0.5, 0.6) is 5.75 Å². The Morgan fingerprint density at radius 3 is 2.68 bits per heavy atom. The Kier molecular flexibility index (Phi) is 3.53. The summed E-state index contributed by atoms with van der Waals surface area (Å²) in [6.07, 6.45) is -0.105. The van der Waals surface area contributed by atoms with E-state index in [1.54, 1.807) is 7.05 Å². The van der Waals surface area contributed by atoms with Crippen molar-refractivity contribution in [2.24, 2.45) is 7.05 Å². The summed E-state index contributed by atoms with van der Waals surface area (Å²) in [5.74, 6) is -1.30. The van der Waals surface area contributed by atoms with E-state index in [1.807, 2.05) is 0 Å². The molecule has 19 heavy (non-hydrogen) atoms. The molecule has 6 heteroatoms. The van der Waals surface area contributed by atoms with Crippen LogP contribution in [0.15, 0.2) is 18.3 Å². The fourth-order valence-electron chi connectivity index (χ4n) is 1.96. The molecule has 2 aromatic rings.